The maximum atomic E-state index is 11.9. The number of nitrogens with two attached hydrogens (primary N) is 1. The largest absolute Gasteiger partial charge is 0.475 e. The monoisotopic (exact) mass is 290 g/mol. The van der Waals surface area contributed by atoms with Gasteiger partial charge in [0.25, 0.3) is 10.0 Å². The molecule has 0 radical (unpaired) electrons. The van der Waals surface area contributed by atoms with Crippen LogP contribution in [0.2, 0.25) is 0 Å². The molecule has 9 heteroatoms. The molecule has 8 nitrogen and oxygen atoms in total. The number of carboxylic acid groups (broad SMARTS) is 1. The van der Waals surface area contributed by atoms with E-state index in [0.29, 0.717) is 0 Å². The first-order valence-electron chi connectivity index (χ1n) is 5.30. The maximum absolute atomic E-state index is 11.9. The lowest BCUT2D eigenvalue weighted by molar-refractivity contribution is -0.120. The Bertz CT molecular complexity index is 589. The van der Waals surface area contributed by atoms with E-state index in [1.54, 1.807) is 13.8 Å². The molecule has 1 aromatic heterocycles. The van der Waals surface area contributed by atoms with Crippen LogP contribution >= 0.6 is 0 Å². The molecule has 0 saturated carbocycles. The molecular weight excluding hydrogens is 276 g/mol. The van der Waals surface area contributed by atoms with Gasteiger partial charge in [-0.25, -0.2) is 13.2 Å². The summed E-state index contributed by atoms with van der Waals surface area (Å²) in [5.74, 6) is -3.10. The zero-order valence-electron chi connectivity index (χ0n) is 10.3. The topological polar surface area (TPSA) is 140 Å². The van der Waals surface area contributed by atoms with Crippen molar-refractivity contribution in [3.63, 3.8) is 0 Å². The first kappa shape index (κ1) is 15.2. The quantitative estimate of drug-likeness (QED) is 0.661. The van der Waals surface area contributed by atoms with E-state index in [0.717, 1.165) is 12.1 Å². The molecule has 1 heterocycles. The summed E-state index contributed by atoms with van der Waals surface area (Å²) < 4.78 is 30.5. The Hall–Kier alpha value is -1.87. The molecule has 0 spiro atoms. The Morgan fingerprint density at radius 2 is 1.95 bits per heavy atom. The highest BCUT2D eigenvalue weighted by Gasteiger charge is 2.29. The van der Waals surface area contributed by atoms with E-state index < -0.39 is 38.8 Å². The fourth-order valence-corrected chi connectivity index (χ4v) is 2.61. The highest BCUT2D eigenvalue weighted by molar-refractivity contribution is 7.89. The van der Waals surface area contributed by atoms with Crippen LogP contribution in [0.15, 0.2) is 21.6 Å². The van der Waals surface area contributed by atoms with Gasteiger partial charge in [-0.2, -0.15) is 4.72 Å². The molecule has 0 aromatic carbocycles. The number of carbonyl (C=O) groups is 2. The Labute approximate surface area is 109 Å². The number of hydrogen-bond donors (Lipinski definition) is 3. The maximum Gasteiger partial charge on any atom is 0.371 e. The number of primary amides is 1. The fourth-order valence-electron chi connectivity index (χ4n) is 1.33. The number of sulfonamides is 1. The van der Waals surface area contributed by atoms with Gasteiger partial charge in [0.2, 0.25) is 16.8 Å². The molecule has 19 heavy (non-hydrogen) atoms. The zero-order valence-corrected chi connectivity index (χ0v) is 11.1. The van der Waals surface area contributed by atoms with Gasteiger partial charge < -0.3 is 15.3 Å². The summed E-state index contributed by atoms with van der Waals surface area (Å²) in [7, 11) is -4.14. The van der Waals surface area contributed by atoms with Crippen LogP contribution in [0, 0.1) is 5.92 Å². The van der Waals surface area contributed by atoms with Crippen LogP contribution in [-0.2, 0) is 14.8 Å². The SMILES string of the molecule is CC(C)C(NS(=O)(=O)c1ccc(C(=O)O)o1)C(N)=O. The summed E-state index contributed by atoms with van der Waals surface area (Å²) >= 11 is 0. The van der Waals surface area contributed by atoms with Crippen molar-refractivity contribution in [2.45, 2.75) is 25.0 Å². The van der Waals surface area contributed by atoms with Gasteiger partial charge in [-0.05, 0) is 18.1 Å². The first-order chi connectivity index (χ1) is 8.65. The third kappa shape index (κ3) is 3.55. The Kier molecular flexibility index (Phi) is 4.32. The molecule has 0 aliphatic rings. The second-order valence-electron chi connectivity index (χ2n) is 4.17. The molecule has 0 saturated heterocycles. The second-order valence-corrected chi connectivity index (χ2v) is 5.81. The van der Waals surface area contributed by atoms with Crippen LogP contribution < -0.4 is 10.5 Å². The highest BCUT2D eigenvalue weighted by Crippen LogP contribution is 2.15. The number of furan rings is 1. The lowest BCUT2D eigenvalue weighted by atomic mass is 10.1. The molecule has 0 bridgehead atoms. The number of hydrogen-bond acceptors (Lipinski definition) is 5. The molecule has 0 fully saturated rings. The predicted octanol–water partition coefficient (Wildman–Crippen LogP) is -0.234. The van der Waals surface area contributed by atoms with Crippen LogP contribution in [0.5, 0.6) is 0 Å². The number of rotatable bonds is 6. The summed E-state index contributed by atoms with van der Waals surface area (Å²) in [4.78, 5) is 21.7. The van der Waals surface area contributed by atoms with Gasteiger partial charge in [-0.3, -0.25) is 4.79 Å². The van der Waals surface area contributed by atoms with Gasteiger partial charge in [0, 0.05) is 0 Å². The minimum absolute atomic E-state index is 0.360. The molecule has 0 aliphatic carbocycles. The molecule has 4 N–H and O–H groups in total. The highest BCUT2D eigenvalue weighted by atomic mass is 32.2. The van der Waals surface area contributed by atoms with Crippen molar-refractivity contribution >= 4 is 21.9 Å². The molecule has 1 unspecified atom stereocenters. The van der Waals surface area contributed by atoms with Crippen LogP contribution in [0.3, 0.4) is 0 Å². The molecule has 0 aliphatic heterocycles. The van der Waals surface area contributed by atoms with Crippen molar-refractivity contribution in [1.29, 1.82) is 0 Å². The van der Waals surface area contributed by atoms with Gasteiger partial charge in [-0.1, -0.05) is 13.8 Å². The summed E-state index contributed by atoms with van der Waals surface area (Å²) in [5.41, 5.74) is 5.09. The van der Waals surface area contributed by atoms with Crippen molar-refractivity contribution in [3.05, 3.63) is 17.9 Å². The van der Waals surface area contributed by atoms with Crippen molar-refractivity contribution in [3.8, 4) is 0 Å². The normalized spacial score (nSPS) is 13.4. The number of amides is 1. The molecule has 1 aromatic rings. The molecule has 1 rings (SSSR count). The van der Waals surface area contributed by atoms with E-state index in [-0.39, 0.29) is 5.92 Å². The second kappa shape index (κ2) is 5.41. The van der Waals surface area contributed by atoms with Crippen LogP contribution in [0.1, 0.15) is 24.4 Å². The van der Waals surface area contributed by atoms with Crippen molar-refractivity contribution < 1.29 is 27.5 Å². The smallest absolute Gasteiger partial charge is 0.371 e. The number of aromatic carboxylic acids is 1. The van der Waals surface area contributed by atoms with Crippen molar-refractivity contribution in [1.82, 2.24) is 4.72 Å². The average molecular weight is 290 g/mol. The third-order valence-electron chi connectivity index (χ3n) is 2.31. The van der Waals surface area contributed by atoms with Crippen LogP contribution in [0.25, 0.3) is 0 Å². The van der Waals surface area contributed by atoms with Crippen molar-refractivity contribution in [2.24, 2.45) is 11.7 Å². The molecular formula is C10H14N2O6S. The van der Waals surface area contributed by atoms with E-state index in [9.17, 15) is 18.0 Å². The lowest BCUT2D eigenvalue weighted by Crippen LogP contribution is -2.47. The van der Waals surface area contributed by atoms with Crippen molar-refractivity contribution in [2.75, 3.05) is 0 Å². The minimum Gasteiger partial charge on any atom is -0.475 e. The summed E-state index contributed by atoms with van der Waals surface area (Å²) in [6.45, 7) is 3.23. The van der Waals surface area contributed by atoms with E-state index >= 15 is 0 Å². The van der Waals surface area contributed by atoms with E-state index in [4.69, 9.17) is 10.8 Å². The summed E-state index contributed by atoms with van der Waals surface area (Å²) in [6, 6.07) is 0.888. The van der Waals surface area contributed by atoms with Gasteiger partial charge >= 0.3 is 5.97 Å². The molecule has 1 atom stereocenters. The van der Waals surface area contributed by atoms with E-state index in [1.807, 2.05) is 0 Å². The minimum atomic E-state index is -4.14. The zero-order chi connectivity index (χ0) is 14.8. The van der Waals surface area contributed by atoms with Gasteiger partial charge in [-0.15, -0.1) is 0 Å². The lowest BCUT2D eigenvalue weighted by Gasteiger charge is -2.17. The third-order valence-corrected chi connectivity index (χ3v) is 3.63. The molecule has 106 valence electrons. The van der Waals surface area contributed by atoms with Gasteiger partial charge in [0.15, 0.2) is 0 Å². The summed E-state index contributed by atoms with van der Waals surface area (Å²) in [5, 5.41) is 8.05. The Morgan fingerprint density at radius 1 is 1.37 bits per heavy atom. The van der Waals surface area contributed by atoms with E-state index in [2.05, 4.69) is 9.14 Å². The average Bonchev–Trinajstić information content (AvgIpc) is 2.75. The van der Waals surface area contributed by atoms with Gasteiger partial charge in [0.1, 0.15) is 6.04 Å². The first-order valence-corrected chi connectivity index (χ1v) is 6.78. The van der Waals surface area contributed by atoms with Crippen LogP contribution in [0.4, 0.5) is 0 Å². The van der Waals surface area contributed by atoms with E-state index in [1.165, 1.54) is 0 Å². The standard InChI is InChI=1S/C10H14N2O6S/c1-5(2)8(9(11)13)12-19(16,17)7-4-3-6(18-7)10(14)15/h3-5,8,12H,1-2H3,(H2,11,13)(H,14,15). The summed E-state index contributed by atoms with van der Waals surface area (Å²) in [6.07, 6.45) is 0. The number of nitrogens with one attached hydrogen (secondary N) is 1. The van der Waals surface area contributed by atoms with Crippen LogP contribution in [-0.4, -0.2) is 31.4 Å². The number of carboxylic acids is 1. The Morgan fingerprint density at radius 3 is 2.32 bits per heavy atom. The predicted molar refractivity (Wildman–Crippen MR) is 63.8 cm³/mol. The molecule has 1 amide bonds. The van der Waals surface area contributed by atoms with Gasteiger partial charge in [0.05, 0.1) is 0 Å². The Balaban J connectivity index is 3.03. The fraction of sp³-hybridized carbons (Fsp3) is 0.400. The number of carbonyl (C=O) groups excluding carboxylic acids is 1.